The summed E-state index contributed by atoms with van der Waals surface area (Å²) in [5.74, 6) is -0.958. The minimum Gasteiger partial charge on any atom is -0.378 e. The maximum absolute atomic E-state index is 13.0. The van der Waals surface area contributed by atoms with Gasteiger partial charge in [-0.25, -0.2) is 4.98 Å². The molecule has 1 aliphatic rings. The molecule has 2 aromatic rings. The summed E-state index contributed by atoms with van der Waals surface area (Å²) < 4.78 is 18.2. The maximum Gasteiger partial charge on any atom is 0.240 e. The number of pyridine rings is 1. The van der Waals surface area contributed by atoms with Gasteiger partial charge in [0.1, 0.15) is 11.3 Å². The number of aromatic nitrogens is 1. The standard InChI is InChI=1S/C18H17FN4O2/c19-15-10-14(6-8-22-15)21-9-7-16(20)23-17(24)18(11-25-12-18)13-4-2-1-3-5-13/h1-10H,11-12H2,(H,21,22)(H2,20,23,24)/b9-7-. The van der Waals surface area contributed by atoms with Crippen LogP contribution in [0.5, 0.6) is 0 Å². The van der Waals surface area contributed by atoms with Crippen LogP contribution in [0.25, 0.3) is 0 Å². The van der Waals surface area contributed by atoms with Crippen molar-refractivity contribution in [1.29, 1.82) is 5.41 Å². The SMILES string of the molecule is N=C(/C=C\Nc1ccnc(F)c1)NC(=O)C1(c2ccccc2)COC1. The van der Waals surface area contributed by atoms with Gasteiger partial charge in [-0.1, -0.05) is 30.3 Å². The first-order valence-corrected chi connectivity index (χ1v) is 7.68. The summed E-state index contributed by atoms with van der Waals surface area (Å²) in [6.45, 7) is 0.572. The molecule has 0 spiro atoms. The van der Waals surface area contributed by atoms with Crippen molar-refractivity contribution in [2.45, 2.75) is 5.41 Å². The fourth-order valence-corrected chi connectivity index (χ4v) is 2.49. The molecule has 1 aromatic carbocycles. The lowest BCUT2D eigenvalue weighted by Gasteiger charge is -2.40. The summed E-state index contributed by atoms with van der Waals surface area (Å²) >= 11 is 0. The number of benzene rings is 1. The number of rotatable bonds is 5. The van der Waals surface area contributed by atoms with Crippen molar-refractivity contribution in [2.75, 3.05) is 18.5 Å². The molecule has 1 aromatic heterocycles. The third-order valence-corrected chi connectivity index (χ3v) is 3.93. The first-order chi connectivity index (χ1) is 12.1. The van der Waals surface area contributed by atoms with Crippen LogP contribution in [0.2, 0.25) is 0 Å². The number of hydrogen-bond acceptors (Lipinski definition) is 5. The molecular weight excluding hydrogens is 323 g/mol. The number of anilines is 1. The Labute approximate surface area is 144 Å². The zero-order chi connectivity index (χ0) is 17.7. The number of nitrogens with zero attached hydrogens (tertiary/aromatic N) is 1. The predicted molar refractivity (Wildman–Crippen MR) is 91.8 cm³/mol. The van der Waals surface area contributed by atoms with Crippen LogP contribution in [0.15, 0.2) is 60.9 Å². The highest BCUT2D eigenvalue weighted by molar-refractivity contribution is 6.06. The van der Waals surface area contributed by atoms with E-state index < -0.39 is 11.4 Å². The van der Waals surface area contributed by atoms with Crippen molar-refractivity contribution in [1.82, 2.24) is 10.3 Å². The Morgan fingerprint density at radius 2 is 2.04 bits per heavy atom. The van der Waals surface area contributed by atoms with E-state index >= 15 is 0 Å². The van der Waals surface area contributed by atoms with Gasteiger partial charge in [0.2, 0.25) is 11.9 Å². The molecule has 1 saturated heterocycles. The van der Waals surface area contributed by atoms with Gasteiger partial charge in [-0.3, -0.25) is 10.2 Å². The van der Waals surface area contributed by atoms with Crippen molar-refractivity contribution >= 4 is 17.4 Å². The van der Waals surface area contributed by atoms with Crippen molar-refractivity contribution in [3.63, 3.8) is 0 Å². The van der Waals surface area contributed by atoms with Crippen molar-refractivity contribution in [3.05, 3.63) is 72.4 Å². The molecule has 128 valence electrons. The molecule has 1 fully saturated rings. The molecule has 1 amide bonds. The molecule has 0 aliphatic carbocycles. The van der Waals surface area contributed by atoms with Gasteiger partial charge in [0.05, 0.1) is 13.2 Å². The largest absolute Gasteiger partial charge is 0.378 e. The summed E-state index contributed by atoms with van der Waals surface area (Å²) in [5, 5.41) is 13.3. The number of halogens is 1. The lowest BCUT2D eigenvalue weighted by atomic mass is 9.77. The minimum atomic E-state index is -0.761. The molecule has 0 radical (unpaired) electrons. The number of carbonyl (C=O) groups excluding carboxylic acids is 1. The zero-order valence-corrected chi connectivity index (χ0v) is 13.3. The molecule has 1 aliphatic heterocycles. The Morgan fingerprint density at radius 3 is 2.68 bits per heavy atom. The monoisotopic (exact) mass is 340 g/mol. The van der Waals surface area contributed by atoms with E-state index in [0.29, 0.717) is 5.69 Å². The average Bonchev–Trinajstić information content (AvgIpc) is 2.55. The van der Waals surface area contributed by atoms with E-state index in [1.54, 1.807) is 6.07 Å². The van der Waals surface area contributed by atoms with Crippen molar-refractivity contribution in [3.8, 4) is 0 Å². The van der Waals surface area contributed by atoms with E-state index in [-0.39, 0.29) is 25.0 Å². The number of carbonyl (C=O) groups is 1. The molecule has 7 heteroatoms. The highest BCUT2D eigenvalue weighted by atomic mass is 19.1. The molecule has 6 nitrogen and oxygen atoms in total. The number of ether oxygens (including phenoxy) is 1. The Hall–Kier alpha value is -3.06. The number of amidine groups is 1. The Bertz CT molecular complexity index is 804. The second-order valence-electron chi connectivity index (χ2n) is 5.65. The van der Waals surface area contributed by atoms with Crippen LogP contribution in [0.4, 0.5) is 10.1 Å². The summed E-state index contributed by atoms with van der Waals surface area (Å²) in [4.78, 5) is 16.0. The molecule has 3 rings (SSSR count). The van der Waals surface area contributed by atoms with Gasteiger partial charge >= 0.3 is 0 Å². The lowest BCUT2D eigenvalue weighted by molar-refractivity contribution is -0.143. The second-order valence-corrected chi connectivity index (χ2v) is 5.65. The highest BCUT2D eigenvalue weighted by Gasteiger charge is 2.47. The van der Waals surface area contributed by atoms with Crippen molar-refractivity contribution in [2.24, 2.45) is 0 Å². The van der Waals surface area contributed by atoms with Crippen molar-refractivity contribution < 1.29 is 13.9 Å². The van der Waals surface area contributed by atoms with E-state index in [2.05, 4.69) is 15.6 Å². The molecule has 0 saturated carbocycles. The Balaban J connectivity index is 1.60. The number of hydrogen-bond donors (Lipinski definition) is 3. The van der Waals surface area contributed by atoms with E-state index in [0.717, 1.165) is 5.56 Å². The lowest BCUT2D eigenvalue weighted by Crippen LogP contribution is -2.58. The van der Waals surface area contributed by atoms with Gasteiger partial charge in [0, 0.05) is 24.2 Å². The molecule has 3 N–H and O–H groups in total. The van der Waals surface area contributed by atoms with Crippen LogP contribution in [-0.4, -0.2) is 29.9 Å². The quantitative estimate of drug-likeness (QED) is 0.442. The predicted octanol–water partition coefficient (Wildman–Crippen LogP) is 2.21. The molecule has 0 bridgehead atoms. The van der Waals surface area contributed by atoms with Gasteiger partial charge in [-0.15, -0.1) is 0 Å². The van der Waals surface area contributed by atoms with Crippen LogP contribution < -0.4 is 10.6 Å². The summed E-state index contributed by atoms with van der Waals surface area (Å²) in [6, 6.07) is 12.2. The Kier molecular flexibility index (Phi) is 4.85. The van der Waals surface area contributed by atoms with Crippen LogP contribution in [0.1, 0.15) is 5.56 Å². The first kappa shape index (κ1) is 16.8. The van der Waals surface area contributed by atoms with Gasteiger partial charge in [0.15, 0.2) is 0 Å². The summed E-state index contributed by atoms with van der Waals surface area (Å²) in [7, 11) is 0. The fourth-order valence-electron chi connectivity index (χ4n) is 2.49. The molecule has 0 atom stereocenters. The van der Waals surface area contributed by atoms with Crippen LogP contribution in [0, 0.1) is 11.4 Å². The zero-order valence-electron chi connectivity index (χ0n) is 13.3. The third-order valence-electron chi connectivity index (χ3n) is 3.93. The number of nitrogens with one attached hydrogen (secondary N) is 3. The molecule has 25 heavy (non-hydrogen) atoms. The summed E-state index contributed by atoms with van der Waals surface area (Å²) in [6.07, 6.45) is 4.16. The fraction of sp³-hybridized carbons (Fsp3) is 0.167. The third kappa shape index (κ3) is 3.72. The van der Waals surface area contributed by atoms with E-state index in [9.17, 15) is 9.18 Å². The average molecular weight is 340 g/mol. The normalized spacial score (nSPS) is 15.4. The smallest absolute Gasteiger partial charge is 0.240 e. The van der Waals surface area contributed by atoms with Gasteiger partial charge in [0.25, 0.3) is 0 Å². The summed E-state index contributed by atoms with van der Waals surface area (Å²) in [5.41, 5.74) is 0.597. The first-order valence-electron chi connectivity index (χ1n) is 7.68. The number of amides is 1. The van der Waals surface area contributed by atoms with Crippen LogP contribution in [0.3, 0.4) is 0 Å². The molecule has 0 unspecified atom stereocenters. The maximum atomic E-state index is 13.0. The second kappa shape index (κ2) is 7.23. The van der Waals surface area contributed by atoms with Crippen LogP contribution in [-0.2, 0) is 14.9 Å². The minimum absolute atomic E-state index is 0.0748. The highest BCUT2D eigenvalue weighted by Crippen LogP contribution is 2.32. The van der Waals surface area contributed by atoms with Crippen LogP contribution >= 0.6 is 0 Å². The van der Waals surface area contributed by atoms with Gasteiger partial charge in [-0.05, 0) is 17.7 Å². The van der Waals surface area contributed by atoms with Gasteiger partial charge in [-0.2, -0.15) is 4.39 Å². The van der Waals surface area contributed by atoms with E-state index in [4.69, 9.17) is 10.1 Å². The topological polar surface area (TPSA) is 87.1 Å². The van der Waals surface area contributed by atoms with Gasteiger partial charge < -0.3 is 15.4 Å². The van der Waals surface area contributed by atoms with E-state index in [1.165, 1.54) is 24.5 Å². The Morgan fingerprint density at radius 1 is 1.28 bits per heavy atom. The molecule has 2 heterocycles. The van der Waals surface area contributed by atoms with E-state index in [1.807, 2.05) is 30.3 Å². The molecular formula is C18H17FN4O2.